The van der Waals surface area contributed by atoms with E-state index >= 15 is 0 Å². The lowest BCUT2D eigenvalue weighted by molar-refractivity contribution is 0.400. The van der Waals surface area contributed by atoms with Crippen LogP contribution in [0.25, 0.3) is 0 Å². The molecule has 1 fully saturated rings. The minimum absolute atomic E-state index is 0.234. The van der Waals surface area contributed by atoms with Gasteiger partial charge < -0.3 is 9.64 Å². The molecular weight excluding hydrogens is 338 g/mol. The molecular formula is C18H23N3O3S. The van der Waals surface area contributed by atoms with Crippen LogP contribution in [0, 0.1) is 5.92 Å². The van der Waals surface area contributed by atoms with Gasteiger partial charge in [0, 0.05) is 31.9 Å². The van der Waals surface area contributed by atoms with Gasteiger partial charge in [-0.05, 0) is 43.0 Å². The zero-order valence-corrected chi connectivity index (χ0v) is 15.1. The monoisotopic (exact) mass is 361 g/mol. The van der Waals surface area contributed by atoms with Crippen LogP contribution in [0.15, 0.2) is 53.6 Å². The molecule has 134 valence electrons. The number of sulfonamides is 1. The lowest BCUT2D eigenvalue weighted by Crippen LogP contribution is -2.39. The normalized spacial score (nSPS) is 16.0. The molecule has 1 aromatic carbocycles. The van der Waals surface area contributed by atoms with Crippen LogP contribution in [0.4, 0.5) is 5.82 Å². The van der Waals surface area contributed by atoms with Gasteiger partial charge in [0.1, 0.15) is 11.6 Å². The molecule has 0 amide bonds. The van der Waals surface area contributed by atoms with E-state index in [4.69, 9.17) is 4.74 Å². The Morgan fingerprint density at radius 3 is 2.68 bits per heavy atom. The van der Waals surface area contributed by atoms with E-state index in [0.717, 1.165) is 31.7 Å². The summed E-state index contributed by atoms with van der Waals surface area (Å²) in [6.07, 6.45) is 3.68. The summed E-state index contributed by atoms with van der Waals surface area (Å²) >= 11 is 0. The number of nitrogens with one attached hydrogen (secondary N) is 1. The van der Waals surface area contributed by atoms with E-state index in [1.807, 2.05) is 18.2 Å². The van der Waals surface area contributed by atoms with Crippen LogP contribution >= 0.6 is 0 Å². The Morgan fingerprint density at radius 1 is 1.20 bits per heavy atom. The molecule has 1 N–H and O–H groups in total. The van der Waals surface area contributed by atoms with Crippen LogP contribution < -0.4 is 14.4 Å². The van der Waals surface area contributed by atoms with Crippen molar-refractivity contribution in [1.29, 1.82) is 0 Å². The van der Waals surface area contributed by atoms with Gasteiger partial charge in [-0.25, -0.2) is 18.1 Å². The molecule has 0 spiro atoms. The Bertz CT molecular complexity index is 788. The highest BCUT2D eigenvalue weighted by Crippen LogP contribution is 2.22. The Hall–Kier alpha value is -2.12. The number of benzene rings is 1. The largest absolute Gasteiger partial charge is 0.497 e. The molecule has 1 aliphatic heterocycles. The van der Waals surface area contributed by atoms with Crippen molar-refractivity contribution >= 4 is 15.8 Å². The van der Waals surface area contributed by atoms with E-state index in [-0.39, 0.29) is 4.90 Å². The third-order valence-corrected chi connectivity index (χ3v) is 5.92. The molecule has 0 aliphatic carbocycles. The number of nitrogens with zero attached hydrogens (tertiary/aromatic N) is 2. The van der Waals surface area contributed by atoms with Crippen molar-refractivity contribution in [3.8, 4) is 5.75 Å². The highest BCUT2D eigenvalue weighted by atomic mass is 32.2. The van der Waals surface area contributed by atoms with E-state index < -0.39 is 10.0 Å². The average molecular weight is 361 g/mol. The molecule has 0 bridgehead atoms. The van der Waals surface area contributed by atoms with Gasteiger partial charge in [0.25, 0.3) is 0 Å². The van der Waals surface area contributed by atoms with Crippen molar-refractivity contribution in [2.75, 3.05) is 31.6 Å². The Morgan fingerprint density at radius 2 is 2.00 bits per heavy atom. The zero-order valence-electron chi connectivity index (χ0n) is 14.3. The van der Waals surface area contributed by atoms with Gasteiger partial charge in [-0.1, -0.05) is 12.1 Å². The second-order valence-corrected chi connectivity index (χ2v) is 7.92. The van der Waals surface area contributed by atoms with Crippen molar-refractivity contribution in [2.24, 2.45) is 5.92 Å². The molecule has 1 aliphatic rings. The smallest absolute Gasteiger partial charge is 0.240 e. The minimum atomic E-state index is -3.51. The molecule has 1 saturated heterocycles. The van der Waals surface area contributed by atoms with E-state index in [0.29, 0.717) is 18.2 Å². The van der Waals surface area contributed by atoms with Gasteiger partial charge in [0.2, 0.25) is 10.0 Å². The lowest BCUT2D eigenvalue weighted by atomic mass is 9.97. The summed E-state index contributed by atoms with van der Waals surface area (Å²) in [5, 5.41) is 0. The third kappa shape index (κ3) is 4.49. The van der Waals surface area contributed by atoms with Crippen LogP contribution in [-0.2, 0) is 10.0 Å². The molecule has 3 rings (SSSR count). The maximum Gasteiger partial charge on any atom is 0.240 e. The standard InChI is InChI=1S/C18H23N3O3S/c1-24-16-5-4-6-17(13-16)25(22,23)20-14-15-8-11-21(12-9-15)18-7-2-3-10-19-18/h2-7,10,13,15,20H,8-9,11-12,14H2,1H3. The average Bonchev–Trinajstić information content (AvgIpc) is 2.67. The second-order valence-electron chi connectivity index (χ2n) is 6.15. The predicted molar refractivity (Wildman–Crippen MR) is 97.4 cm³/mol. The van der Waals surface area contributed by atoms with Gasteiger partial charge in [-0.3, -0.25) is 0 Å². The van der Waals surface area contributed by atoms with Crippen molar-refractivity contribution in [3.63, 3.8) is 0 Å². The fourth-order valence-corrected chi connectivity index (χ4v) is 4.14. The van der Waals surface area contributed by atoms with Crippen LogP contribution in [0.1, 0.15) is 12.8 Å². The van der Waals surface area contributed by atoms with Gasteiger partial charge in [-0.2, -0.15) is 0 Å². The molecule has 6 nitrogen and oxygen atoms in total. The Balaban J connectivity index is 1.54. The SMILES string of the molecule is COc1cccc(S(=O)(=O)NCC2CCN(c3ccccn3)CC2)c1. The summed E-state index contributed by atoms with van der Waals surface area (Å²) in [5.74, 6) is 1.85. The topological polar surface area (TPSA) is 71.5 Å². The molecule has 1 aromatic heterocycles. The number of pyridine rings is 1. The number of hydrogen-bond acceptors (Lipinski definition) is 5. The predicted octanol–water partition coefficient (Wildman–Crippen LogP) is 2.29. The quantitative estimate of drug-likeness (QED) is 0.855. The first-order valence-electron chi connectivity index (χ1n) is 8.38. The van der Waals surface area contributed by atoms with Crippen molar-refractivity contribution in [2.45, 2.75) is 17.7 Å². The Labute approximate surface area is 148 Å². The van der Waals surface area contributed by atoms with Gasteiger partial charge in [-0.15, -0.1) is 0 Å². The maximum absolute atomic E-state index is 12.4. The van der Waals surface area contributed by atoms with Crippen LogP contribution in [0.5, 0.6) is 5.75 Å². The molecule has 2 heterocycles. The molecule has 0 atom stereocenters. The van der Waals surface area contributed by atoms with Crippen molar-refractivity contribution in [3.05, 3.63) is 48.7 Å². The van der Waals surface area contributed by atoms with Crippen LogP contribution in [0.3, 0.4) is 0 Å². The van der Waals surface area contributed by atoms with E-state index in [9.17, 15) is 8.42 Å². The molecule has 7 heteroatoms. The van der Waals surface area contributed by atoms with Crippen LogP contribution in [0.2, 0.25) is 0 Å². The molecule has 2 aromatic rings. The molecule has 0 unspecified atom stereocenters. The molecule has 0 saturated carbocycles. The first-order chi connectivity index (χ1) is 12.1. The minimum Gasteiger partial charge on any atom is -0.497 e. The summed E-state index contributed by atoms with van der Waals surface area (Å²) in [6, 6.07) is 12.4. The second kappa shape index (κ2) is 7.84. The van der Waals surface area contributed by atoms with Crippen molar-refractivity contribution < 1.29 is 13.2 Å². The third-order valence-electron chi connectivity index (χ3n) is 4.50. The van der Waals surface area contributed by atoms with Gasteiger partial charge >= 0.3 is 0 Å². The molecule has 0 radical (unpaired) electrons. The van der Waals surface area contributed by atoms with E-state index in [1.54, 1.807) is 24.4 Å². The number of piperidine rings is 1. The molecule has 25 heavy (non-hydrogen) atoms. The summed E-state index contributed by atoms with van der Waals surface area (Å²) in [7, 11) is -1.99. The van der Waals surface area contributed by atoms with Crippen molar-refractivity contribution in [1.82, 2.24) is 9.71 Å². The zero-order chi connectivity index (χ0) is 17.7. The lowest BCUT2D eigenvalue weighted by Gasteiger charge is -2.32. The number of anilines is 1. The fraction of sp³-hybridized carbons (Fsp3) is 0.389. The summed E-state index contributed by atoms with van der Waals surface area (Å²) in [4.78, 5) is 6.85. The van der Waals surface area contributed by atoms with E-state index in [1.165, 1.54) is 13.2 Å². The number of methoxy groups -OCH3 is 1. The first kappa shape index (κ1) is 17.7. The number of ether oxygens (including phenoxy) is 1. The summed E-state index contributed by atoms with van der Waals surface area (Å²) in [6.45, 7) is 2.24. The van der Waals surface area contributed by atoms with Gasteiger partial charge in [0.05, 0.1) is 12.0 Å². The highest BCUT2D eigenvalue weighted by molar-refractivity contribution is 7.89. The van der Waals surface area contributed by atoms with E-state index in [2.05, 4.69) is 14.6 Å². The Kier molecular flexibility index (Phi) is 5.55. The summed E-state index contributed by atoms with van der Waals surface area (Å²) < 4.78 is 32.7. The first-order valence-corrected chi connectivity index (χ1v) is 9.86. The number of hydrogen-bond donors (Lipinski definition) is 1. The summed E-state index contributed by atoms with van der Waals surface area (Å²) in [5.41, 5.74) is 0. The maximum atomic E-state index is 12.4. The van der Waals surface area contributed by atoms with Gasteiger partial charge in [0.15, 0.2) is 0 Å². The highest BCUT2D eigenvalue weighted by Gasteiger charge is 2.22. The number of aromatic nitrogens is 1. The number of rotatable bonds is 6. The fourth-order valence-electron chi connectivity index (χ4n) is 2.99. The van der Waals surface area contributed by atoms with Crippen LogP contribution in [-0.4, -0.2) is 40.1 Å².